The Morgan fingerprint density at radius 1 is 1.44 bits per heavy atom. The molecule has 0 spiro atoms. The molecule has 3 nitrogen and oxygen atoms in total. The Kier molecular flexibility index (Phi) is 3.95. The molecule has 1 aliphatic heterocycles. The monoisotopic (exact) mass is 239 g/mol. The van der Waals surface area contributed by atoms with Crippen molar-refractivity contribution in [2.45, 2.75) is 25.8 Å². The van der Waals surface area contributed by atoms with Gasteiger partial charge < -0.3 is 4.90 Å². The topological polar surface area (TPSA) is 19.4 Å². The second kappa shape index (κ2) is 5.25. The van der Waals surface area contributed by atoms with Crippen LogP contribution in [0.2, 0.25) is 0 Å². The lowest BCUT2D eigenvalue weighted by molar-refractivity contribution is 0.115. The largest absolute Gasteiger partial charge is 0.303 e. The van der Waals surface area contributed by atoms with E-state index in [0.717, 1.165) is 19.5 Å². The molecule has 1 saturated heterocycles. The van der Waals surface area contributed by atoms with E-state index in [9.17, 15) is 0 Å². The van der Waals surface area contributed by atoms with Crippen molar-refractivity contribution in [3.05, 3.63) is 16.1 Å². The van der Waals surface area contributed by atoms with E-state index in [1.165, 1.54) is 23.7 Å². The van der Waals surface area contributed by atoms with Gasteiger partial charge in [-0.25, -0.2) is 4.98 Å². The summed E-state index contributed by atoms with van der Waals surface area (Å²) in [7, 11) is 4.40. The van der Waals surface area contributed by atoms with E-state index >= 15 is 0 Å². The second-order valence-electron chi connectivity index (χ2n) is 4.69. The maximum Gasteiger partial charge on any atom is 0.111 e. The minimum atomic E-state index is 0.495. The minimum absolute atomic E-state index is 0.495. The maximum atomic E-state index is 4.76. The highest BCUT2D eigenvalue weighted by atomic mass is 32.1. The first-order valence-corrected chi connectivity index (χ1v) is 6.91. The average molecular weight is 239 g/mol. The van der Waals surface area contributed by atoms with Crippen molar-refractivity contribution >= 4 is 11.3 Å². The third-order valence-corrected chi connectivity index (χ3v) is 4.21. The van der Waals surface area contributed by atoms with E-state index in [1.807, 2.05) is 11.3 Å². The normalized spacial score (nSPS) is 23.8. The summed E-state index contributed by atoms with van der Waals surface area (Å²) in [5, 5.41) is 3.51. The summed E-state index contributed by atoms with van der Waals surface area (Å²) in [6.45, 7) is 5.62. The zero-order valence-electron chi connectivity index (χ0n) is 10.4. The highest BCUT2D eigenvalue weighted by molar-refractivity contribution is 7.09. The van der Waals surface area contributed by atoms with Crippen molar-refractivity contribution in [2.24, 2.45) is 0 Å². The molecule has 0 radical (unpaired) electrons. The molecular weight excluding hydrogens is 218 g/mol. The number of rotatable bonds is 3. The van der Waals surface area contributed by atoms with Gasteiger partial charge in [-0.2, -0.15) is 0 Å². The average Bonchev–Trinajstić information content (AvgIpc) is 2.71. The van der Waals surface area contributed by atoms with Crippen LogP contribution in [0.15, 0.2) is 5.38 Å². The van der Waals surface area contributed by atoms with Crippen LogP contribution in [0.4, 0.5) is 0 Å². The molecule has 0 amide bonds. The molecule has 1 aromatic heterocycles. The predicted molar refractivity (Wildman–Crippen MR) is 69.0 cm³/mol. The van der Waals surface area contributed by atoms with Crippen LogP contribution in [-0.2, 0) is 6.42 Å². The van der Waals surface area contributed by atoms with Crippen molar-refractivity contribution in [3.8, 4) is 0 Å². The third kappa shape index (κ3) is 2.62. The highest BCUT2D eigenvalue weighted by Gasteiger charge is 2.25. The Bertz CT molecular complexity index is 337. The number of aryl methyl sites for hydroxylation is 1. The number of likely N-dealkylation sites (N-methyl/N-ethyl adjacent to an activating group) is 2. The van der Waals surface area contributed by atoms with E-state index < -0.39 is 0 Å². The van der Waals surface area contributed by atoms with Crippen LogP contribution < -0.4 is 0 Å². The van der Waals surface area contributed by atoms with E-state index in [1.54, 1.807) is 0 Å². The second-order valence-corrected chi connectivity index (χ2v) is 5.58. The first-order valence-electron chi connectivity index (χ1n) is 6.03. The van der Waals surface area contributed by atoms with E-state index in [4.69, 9.17) is 4.98 Å². The molecule has 1 aliphatic rings. The van der Waals surface area contributed by atoms with Gasteiger partial charge in [0.1, 0.15) is 5.01 Å². The summed E-state index contributed by atoms with van der Waals surface area (Å²) in [6.07, 6.45) is 2.30. The zero-order valence-corrected chi connectivity index (χ0v) is 11.3. The fourth-order valence-electron chi connectivity index (χ4n) is 2.12. The summed E-state index contributed by atoms with van der Waals surface area (Å²) < 4.78 is 0. The smallest absolute Gasteiger partial charge is 0.111 e. The van der Waals surface area contributed by atoms with E-state index in [-0.39, 0.29) is 0 Å². The quantitative estimate of drug-likeness (QED) is 0.804. The van der Waals surface area contributed by atoms with E-state index in [0.29, 0.717) is 6.04 Å². The lowest BCUT2D eigenvalue weighted by Crippen LogP contribution is -2.44. The number of hydrogen-bond acceptors (Lipinski definition) is 4. The van der Waals surface area contributed by atoms with Crippen LogP contribution in [-0.4, -0.2) is 48.5 Å². The van der Waals surface area contributed by atoms with Crippen LogP contribution in [0.3, 0.4) is 0 Å². The van der Waals surface area contributed by atoms with Crippen molar-refractivity contribution in [1.29, 1.82) is 0 Å². The summed E-state index contributed by atoms with van der Waals surface area (Å²) in [5.74, 6) is 0. The Hall–Kier alpha value is -0.450. The van der Waals surface area contributed by atoms with Crippen molar-refractivity contribution < 1.29 is 0 Å². The molecule has 16 heavy (non-hydrogen) atoms. The summed E-state index contributed by atoms with van der Waals surface area (Å²) >= 11 is 1.82. The van der Waals surface area contributed by atoms with Gasteiger partial charge in [-0.1, -0.05) is 13.3 Å². The van der Waals surface area contributed by atoms with E-state index in [2.05, 4.69) is 36.2 Å². The van der Waals surface area contributed by atoms with Gasteiger partial charge in [-0.3, -0.25) is 4.90 Å². The molecule has 1 fully saturated rings. The molecule has 4 heteroatoms. The van der Waals surface area contributed by atoms with Crippen molar-refractivity contribution in [2.75, 3.05) is 33.7 Å². The van der Waals surface area contributed by atoms with Gasteiger partial charge in [-0.15, -0.1) is 11.3 Å². The Labute approximate surface area is 102 Å². The van der Waals surface area contributed by atoms with Gasteiger partial charge in [0.25, 0.3) is 0 Å². The van der Waals surface area contributed by atoms with Crippen LogP contribution in [0.5, 0.6) is 0 Å². The summed E-state index contributed by atoms with van der Waals surface area (Å²) in [5.41, 5.74) is 1.27. The Morgan fingerprint density at radius 3 is 3.00 bits per heavy atom. The number of thiazole rings is 1. The fourth-order valence-corrected chi connectivity index (χ4v) is 3.13. The zero-order chi connectivity index (χ0) is 11.5. The van der Waals surface area contributed by atoms with Gasteiger partial charge in [0.05, 0.1) is 11.7 Å². The predicted octanol–water partition coefficient (Wildman–Crippen LogP) is 2.01. The first kappa shape index (κ1) is 12.0. The molecule has 1 atom stereocenters. The number of hydrogen-bond donors (Lipinski definition) is 0. The van der Waals surface area contributed by atoms with Gasteiger partial charge in [-0.05, 0) is 20.5 Å². The molecule has 0 aromatic carbocycles. The van der Waals surface area contributed by atoms with Gasteiger partial charge in [0.15, 0.2) is 0 Å². The number of nitrogens with zero attached hydrogens (tertiary/aromatic N) is 3. The fraction of sp³-hybridized carbons (Fsp3) is 0.750. The third-order valence-electron chi connectivity index (χ3n) is 3.21. The molecule has 0 bridgehead atoms. The lowest BCUT2D eigenvalue weighted by Gasteiger charge is -2.36. The van der Waals surface area contributed by atoms with Crippen molar-refractivity contribution in [1.82, 2.24) is 14.8 Å². The molecule has 2 heterocycles. The minimum Gasteiger partial charge on any atom is -0.303 e. The number of aromatic nitrogens is 1. The SMILES string of the molecule is CCCc1csc(C2CN(C)CCN2C)n1. The van der Waals surface area contributed by atoms with Crippen LogP contribution in [0, 0.1) is 0 Å². The molecule has 1 unspecified atom stereocenters. The van der Waals surface area contributed by atoms with Gasteiger partial charge >= 0.3 is 0 Å². The summed E-state index contributed by atoms with van der Waals surface area (Å²) in [6, 6.07) is 0.495. The number of piperazine rings is 1. The van der Waals surface area contributed by atoms with Gasteiger partial charge in [0, 0.05) is 25.0 Å². The summed E-state index contributed by atoms with van der Waals surface area (Å²) in [4.78, 5) is 9.58. The highest BCUT2D eigenvalue weighted by Crippen LogP contribution is 2.26. The van der Waals surface area contributed by atoms with Crippen molar-refractivity contribution in [3.63, 3.8) is 0 Å². The molecule has 2 rings (SSSR count). The molecule has 0 N–H and O–H groups in total. The van der Waals surface area contributed by atoms with Crippen LogP contribution in [0.25, 0.3) is 0 Å². The van der Waals surface area contributed by atoms with Crippen LogP contribution in [0.1, 0.15) is 30.1 Å². The maximum absolute atomic E-state index is 4.76. The molecule has 0 aliphatic carbocycles. The molecule has 0 saturated carbocycles. The van der Waals surface area contributed by atoms with Crippen LogP contribution >= 0.6 is 11.3 Å². The first-order chi connectivity index (χ1) is 7.70. The lowest BCUT2D eigenvalue weighted by atomic mass is 10.2. The standard InChI is InChI=1S/C12H21N3S/c1-4-5-10-9-16-12(13-10)11-8-14(2)6-7-15(11)3/h9,11H,4-8H2,1-3H3. The van der Waals surface area contributed by atoms with Gasteiger partial charge in [0.2, 0.25) is 0 Å². The molecule has 90 valence electrons. The molecular formula is C12H21N3S. The Balaban J connectivity index is 2.08. The molecule has 1 aromatic rings. The Morgan fingerprint density at radius 2 is 2.25 bits per heavy atom.